The Hall–Kier alpha value is -1.52. The number of nitrogens with one attached hydrogen (secondary N) is 2. The zero-order valence-electron chi connectivity index (χ0n) is 9.62. The maximum Gasteiger partial charge on any atom is 0.336 e. The van der Waals surface area contributed by atoms with Gasteiger partial charge in [-0.25, -0.2) is 4.79 Å². The molecule has 0 spiro atoms. The lowest BCUT2D eigenvalue weighted by Gasteiger charge is -2.38. The van der Waals surface area contributed by atoms with Crippen LogP contribution in [0, 0.1) is 0 Å². The van der Waals surface area contributed by atoms with Crippen LogP contribution in [0.5, 0.6) is 0 Å². The van der Waals surface area contributed by atoms with E-state index in [0.29, 0.717) is 24.3 Å². The van der Waals surface area contributed by atoms with E-state index in [1.807, 2.05) is 0 Å². The molecule has 17 heavy (non-hydrogen) atoms. The molecule has 5 nitrogen and oxygen atoms in total. The molecule has 3 aliphatic rings. The van der Waals surface area contributed by atoms with Crippen molar-refractivity contribution in [3.63, 3.8) is 0 Å². The Morgan fingerprint density at radius 1 is 1.06 bits per heavy atom. The van der Waals surface area contributed by atoms with E-state index >= 15 is 0 Å². The number of esters is 1. The van der Waals surface area contributed by atoms with Crippen molar-refractivity contribution in [2.75, 3.05) is 6.61 Å². The number of fused-ring (bicyclic) bond motifs is 1. The van der Waals surface area contributed by atoms with E-state index in [4.69, 9.17) is 4.74 Å². The SMILES string of the molecule is O=C1OCC/C1=C1/N[C@@H]2CCCC[C@H]2NC1=O. The van der Waals surface area contributed by atoms with E-state index in [2.05, 4.69) is 10.6 Å². The summed E-state index contributed by atoms with van der Waals surface area (Å²) in [6.45, 7) is 0.390. The summed E-state index contributed by atoms with van der Waals surface area (Å²) in [6, 6.07) is 0.496. The van der Waals surface area contributed by atoms with E-state index in [1.165, 1.54) is 6.42 Å². The molecule has 5 heteroatoms. The van der Waals surface area contributed by atoms with Gasteiger partial charge in [0.25, 0.3) is 5.91 Å². The molecule has 1 aliphatic carbocycles. The van der Waals surface area contributed by atoms with E-state index in [9.17, 15) is 9.59 Å². The molecule has 2 saturated heterocycles. The molecule has 0 bridgehead atoms. The Kier molecular flexibility index (Phi) is 2.53. The molecule has 1 amide bonds. The molecule has 0 aromatic heterocycles. The lowest BCUT2D eigenvalue weighted by molar-refractivity contribution is -0.135. The number of cyclic esters (lactones) is 1. The number of hydrogen-bond acceptors (Lipinski definition) is 4. The quantitative estimate of drug-likeness (QED) is 0.466. The van der Waals surface area contributed by atoms with Crippen molar-refractivity contribution >= 4 is 11.9 Å². The van der Waals surface area contributed by atoms with Crippen LogP contribution in [0.25, 0.3) is 0 Å². The first-order valence-electron chi connectivity index (χ1n) is 6.23. The fraction of sp³-hybridized carbons (Fsp3) is 0.667. The highest BCUT2D eigenvalue weighted by atomic mass is 16.5. The van der Waals surface area contributed by atoms with Crippen molar-refractivity contribution in [3.05, 3.63) is 11.3 Å². The number of carbonyl (C=O) groups is 2. The average molecular weight is 236 g/mol. The second kappa shape index (κ2) is 4.05. The van der Waals surface area contributed by atoms with E-state index in [-0.39, 0.29) is 24.0 Å². The lowest BCUT2D eigenvalue weighted by Crippen LogP contribution is -2.59. The summed E-state index contributed by atoms with van der Waals surface area (Å²) < 4.78 is 4.89. The molecular formula is C12H16N2O3. The molecule has 0 aromatic carbocycles. The highest BCUT2D eigenvalue weighted by molar-refractivity contribution is 6.03. The molecule has 3 rings (SSSR count). The van der Waals surface area contributed by atoms with Gasteiger partial charge in [-0.2, -0.15) is 0 Å². The van der Waals surface area contributed by atoms with Crippen LogP contribution in [-0.4, -0.2) is 30.6 Å². The van der Waals surface area contributed by atoms with Crippen LogP contribution in [0.15, 0.2) is 11.3 Å². The predicted molar refractivity (Wildman–Crippen MR) is 59.9 cm³/mol. The van der Waals surface area contributed by atoms with Gasteiger partial charge in [-0.05, 0) is 12.8 Å². The Labute approximate surface area is 99.6 Å². The van der Waals surface area contributed by atoms with Crippen LogP contribution in [0.2, 0.25) is 0 Å². The predicted octanol–water partition coefficient (Wildman–Crippen LogP) is 0.218. The zero-order chi connectivity index (χ0) is 11.8. The molecule has 0 radical (unpaired) electrons. The Bertz CT molecular complexity index is 403. The fourth-order valence-electron chi connectivity index (χ4n) is 2.85. The van der Waals surface area contributed by atoms with Crippen molar-refractivity contribution in [1.82, 2.24) is 10.6 Å². The maximum atomic E-state index is 11.9. The molecule has 2 heterocycles. The van der Waals surface area contributed by atoms with Gasteiger partial charge in [0.05, 0.1) is 12.2 Å². The number of ether oxygens (including phenoxy) is 1. The van der Waals surface area contributed by atoms with Gasteiger partial charge in [-0.15, -0.1) is 0 Å². The standard InChI is InChI=1S/C12H16N2O3/c15-11-10(7-5-6-17-12(7)16)13-8-3-1-2-4-9(8)14-11/h8-9,13H,1-6H2,(H,14,15)/b10-7-/t8-,9-/m1/s1. The third-order valence-corrected chi connectivity index (χ3v) is 3.77. The van der Waals surface area contributed by atoms with Crippen molar-refractivity contribution in [1.29, 1.82) is 0 Å². The van der Waals surface area contributed by atoms with Crippen molar-refractivity contribution in [2.45, 2.75) is 44.2 Å². The topological polar surface area (TPSA) is 67.4 Å². The molecule has 3 fully saturated rings. The lowest BCUT2D eigenvalue weighted by atomic mass is 9.88. The summed E-state index contributed by atoms with van der Waals surface area (Å²) in [6.07, 6.45) is 4.95. The van der Waals surface area contributed by atoms with Gasteiger partial charge < -0.3 is 15.4 Å². The highest BCUT2D eigenvalue weighted by Crippen LogP contribution is 2.25. The van der Waals surface area contributed by atoms with Gasteiger partial charge in [0.2, 0.25) is 0 Å². The minimum Gasteiger partial charge on any atom is -0.462 e. The molecular weight excluding hydrogens is 220 g/mol. The molecule has 0 aromatic rings. The summed E-state index contributed by atoms with van der Waals surface area (Å²) in [7, 11) is 0. The summed E-state index contributed by atoms with van der Waals surface area (Å²) in [4.78, 5) is 23.4. The van der Waals surface area contributed by atoms with Gasteiger partial charge in [-0.1, -0.05) is 12.8 Å². The molecule has 2 atom stereocenters. The van der Waals surface area contributed by atoms with Crippen LogP contribution in [0.1, 0.15) is 32.1 Å². The molecule has 0 unspecified atom stereocenters. The number of amides is 1. The smallest absolute Gasteiger partial charge is 0.336 e. The van der Waals surface area contributed by atoms with Gasteiger partial charge >= 0.3 is 5.97 Å². The van der Waals surface area contributed by atoms with E-state index < -0.39 is 0 Å². The maximum absolute atomic E-state index is 11.9. The first-order chi connectivity index (χ1) is 8.25. The van der Waals surface area contributed by atoms with Gasteiger partial charge in [0.1, 0.15) is 5.70 Å². The molecule has 2 aliphatic heterocycles. The monoisotopic (exact) mass is 236 g/mol. The Balaban J connectivity index is 1.86. The second-order valence-corrected chi connectivity index (χ2v) is 4.85. The van der Waals surface area contributed by atoms with Crippen molar-refractivity contribution < 1.29 is 14.3 Å². The minimum absolute atomic E-state index is 0.151. The normalized spacial score (nSPS) is 36.9. The fourth-order valence-corrected chi connectivity index (χ4v) is 2.85. The highest BCUT2D eigenvalue weighted by Gasteiger charge is 2.36. The summed E-state index contributed by atoms with van der Waals surface area (Å²) in [5, 5.41) is 6.24. The Morgan fingerprint density at radius 2 is 1.76 bits per heavy atom. The van der Waals surface area contributed by atoms with Crippen LogP contribution >= 0.6 is 0 Å². The third kappa shape index (κ3) is 1.79. The molecule has 2 N–H and O–H groups in total. The first kappa shape index (κ1) is 10.6. The number of piperazine rings is 1. The number of carbonyl (C=O) groups excluding carboxylic acids is 2. The minimum atomic E-state index is -0.350. The second-order valence-electron chi connectivity index (χ2n) is 4.85. The largest absolute Gasteiger partial charge is 0.462 e. The zero-order valence-corrected chi connectivity index (χ0v) is 9.62. The van der Waals surface area contributed by atoms with Crippen molar-refractivity contribution in [2.24, 2.45) is 0 Å². The van der Waals surface area contributed by atoms with Crippen LogP contribution in [0.3, 0.4) is 0 Å². The van der Waals surface area contributed by atoms with Crippen LogP contribution in [0.4, 0.5) is 0 Å². The molecule has 1 saturated carbocycles. The van der Waals surface area contributed by atoms with Crippen LogP contribution < -0.4 is 10.6 Å². The van der Waals surface area contributed by atoms with Gasteiger partial charge in [0, 0.05) is 18.5 Å². The van der Waals surface area contributed by atoms with E-state index in [0.717, 1.165) is 19.3 Å². The Morgan fingerprint density at radius 3 is 2.41 bits per heavy atom. The first-order valence-corrected chi connectivity index (χ1v) is 6.23. The van der Waals surface area contributed by atoms with Crippen molar-refractivity contribution in [3.8, 4) is 0 Å². The number of hydrogen-bond donors (Lipinski definition) is 2. The summed E-state index contributed by atoms with van der Waals surface area (Å²) >= 11 is 0. The number of rotatable bonds is 0. The average Bonchev–Trinajstić information content (AvgIpc) is 2.74. The van der Waals surface area contributed by atoms with Gasteiger partial charge in [-0.3, -0.25) is 4.79 Å². The third-order valence-electron chi connectivity index (χ3n) is 3.77. The van der Waals surface area contributed by atoms with Gasteiger partial charge in [0.15, 0.2) is 0 Å². The molecule has 92 valence electrons. The summed E-state index contributed by atoms with van der Waals surface area (Å²) in [5.74, 6) is -0.501. The van der Waals surface area contributed by atoms with E-state index in [1.54, 1.807) is 0 Å². The van der Waals surface area contributed by atoms with Crippen LogP contribution in [-0.2, 0) is 14.3 Å². The summed E-state index contributed by atoms with van der Waals surface area (Å²) in [5.41, 5.74) is 0.946.